The van der Waals surface area contributed by atoms with Crippen LogP contribution in [0.5, 0.6) is 0 Å². The zero-order valence-corrected chi connectivity index (χ0v) is 11.8. The summed E-state index contributed by atoms with van der Waals surface area (Å²) in [5.41, 5.74) is 0.479. The fourth-order valence-corrected chi connectivity index (χ4v) is 3.24. The van der Waals surface area contributed by atoms with E-state index in [1.54, 1.807) is 19.1 Å². The molecule has 0 unspecified atom stereocenters. The molecule has 6 nitrogen and oxygen atoms in total. The van der Waals surface area contributed by atoms with Crippen LogP contribution in [0.4, 0.5) is 0 Å². The molecule has 0 heterocycles. The second kappa shape index (κ2) is 5.79. The average Bonchev–Trinajstić information content (AvgIpc) is 2.28. The maximum absolute atomic E-state index is 12.0. The number of nitrogens with one attached hydrogen (secondary N) is 1. The molecule has 0 aliphatic heterocycles. The molecule has 0 saturated carbocycles. The zero-order valence-electron chi connectivity index (χ0n) is 9.42. The van der Waals surface area contributed by atoms with Crippen molar-refractivity contribution < 1.29 is 23.4 Å². The van der Waals surface area contributed by atoms with Crippen molar-refractivity contribution in [3.63, 3.8) is 0 Å². The molecule has 1 aromatic rings. The van der Waals surface area contributed by atoms with Crippen LogP contribution in [0.25, 0.3) is 0 Å². The molecule has 0 amide bonds. The number of aliphatic hydroxyl groups is 1. The number of halogens is 1. The van der Waals surface area contributed by atoms with Gasteiger partial charge in [0.15, 0.2) is 0 Å². The number of hydrogen-bond donors (Lipinski definition) is 3. The summed E-state index contributed by atoms with van der Waals surface area (Å²) in [6.45, 7) is 0.775. The molecule has 1 atom stereocenters. The summed E-state index contributed by atoms with van der Waals surface area (Å²) in [6, 6.07) is 3.07. The van der Waals surface area contributed by atoms with Crippen LogP contribution in [0.3, 0.4) is 0 Å². The van der Waals surface area contributed by atoms with E-state index in [0.29, 0.717) is 10.0 Å². The summed E-state index contributed by atoms with van der Waals surface area (Å²) >= 11 is 3.14. The molecule has 0 aliphatic rings. The lowest BCUT2D eigenvalue weighted by Gasteiger charge is -2.13. The maximum atomic E-state index is 12.0. The van der Waals surface area contributed by atoms with E-state index in [1.807, 2.05) is 4.72 Å². The van der Waals surface area contributed by atoms with Crippen molar-refractivity contribution in [1.29, 1.82) is 0 Å². The van der Waals surface area contributed by atoms with E-state index in [2.05, 4.69) is 15.9 Å². The van der Waals surface area contributed by atoms with Gasteiger partial charge in [0.25, 0.3) is 0 Å². The molecule has 0 aromatic heterocycles. The first-order chi connectivity index (χ1) is 8.27. The van der Waals surface area contributed by atoms with Gasteiger partial charge in [0, 0.05) is 4.47 Å². The first-order valence-corrected chi connectivity index (χ1v) is 7.17. The molecule has 0 spiro atoms. The van der Waals surface area contributed by atoms with Gasteiger partial charge in [0.2, 0.25) is 10.0 Å². The van der Waals surface area contributed by atoms with Crippen LogP contribution < -0.4 is 4.72 Å². The second-order valence-corrected chi connectivity index (χ2v) is 6.20. The molecule has 8 heteroatoms. The van der Waals surface area contributed by atoms with Gasteiger partial charge >= 0.3 is 5.97 Å². The number of aliphatic carboxylic acids is 1. The van der Waals surface area contributed by atoms with Gasteiger partial charge in [-0.25, -0.2) is 8.42 Å². The Morgan fingerprint density at radius 3 is 2.61 bits per heavy atom. The third-order valence-corrected chi connectivity index (χ3v) is 4.32. The Morgan fingerprint density at radius 1 is 1.50 bits per heavy atom. The monoisotopic (exact) mass is 337 g/mol. The number of carboxylic acid groups (broad SMARTS) is 1. The number of carboxylic acids is 1. The molecule has 0 fully saturated rings. The Hall–Kier alpha value is -0.960. The molecule has 1 aromatic carbocycles. The highest BCUT2D eigenvalue weighted by Gasteiger charge is 2.25. The molecular weight excluding hydrogens is 326 g/mol. The zero-order chi connectivity index (χ0) is 13.9. The minimum absolute atomic E-state index is 0.0309. The quantitative estimate of drug-likeness (QED) is 0.725. The smallest absolute Gasteiger partial charge is 0.324 e. The molecule has 18 heavy (non-hydrogen) atoms. The highest BCUT2D eigenvalue weighted by Crippen LogP contribution is 2.20. The number of aliphatic hydroxyl groups excluding tert-OH is 1. The lowest BCUT2D eigenvalue weighted by atomic mass is 10.2. The average molecular weight is 338 g/mol. The van der Waals surface area contributed by atoms with Gasteiger partial charge in [0.05, 0.1) is 11.5 Å². The van der Waals surface area contributed by atoms with E-state index >= 15 is 0 Å². The van der Waals surface area contributed by atoms with Gasteiger partial charge in [-0.3, -0.25) is 4.79 Å². The van der Waals surface area contributed by atoms with Crippen LogP contribution in [0.1, 0.15) is 5.56 Å². The second-order valence-electron chi connectivity index (χ2n) is 3.60. The molecule has 0 radical (unpaired) electrons. The summed E-state index contributed by atoms with van der Waals surface area (Å²) in [7, 11) is -3.99. The highest BCUT2D eigenvalue weighted by atomic mass is 79.9. The number of carbonyl (C=O) groups is 1. The summed E-state index contributed by atoms with van der Waals surface area (Å²) in [6.07, 6.45) is 0. The van der Waals surface area contributed by atoms with Crippen LogP contribution in [0, 0.1) is 6.92 Å². The Kier molecular flexibility index (Phi) is 4.85. The van der Waals surface area contributed by atoms with Gasteiger partial charge in [-0.2, -0.15) is 4.72 Å². The Bertz CT molecular complexity index is 557. The van der Waals surface area contributed by atoms with Gasteiger partial charge in [-0.15, -0.1) is 0 Å². The number of rotatable bonds is 5. The molecule has 1 rings (SSSR count). The molecule has 3 N–H and O–H groups in total. The minimum atomic E-state index is -3.99. The lowest BCUT2D eigenvalue weighted by molar-refractivity contribution is -0.139. The fourth-order valence-electron chi connectivity index (χ4n) is 1.28. The third kappa shape index (κ3) is 3.52. The van der Waals surface area contributed by atoms with Gasteiger partial charge in [0.1, 0.15) is 6.04 Å². The van der Waals surface area contributed by atoms with Crippen LogP contribution in [0.2, 0.25) is 0 Å². The highest BCUT2D eigenvalue weighted by molar-refractivity contribution is 9.10. The maximum Gasteiger partial charge on any atom is 0.324 e. The predicted octanol–water partition coefficient (Wildman–Crippen LogP) is 0.481. The largest absolute Gasteiger partial charge is 0.480 e. The summed E-state index contributed by atoms with van der Waals surface area (Å²) in [5, 5.41) is 17.5. The van der Waals surface area contributed by atoms with E-state index in [-0.39, 0.29) is 4.90 Å². The topological polar surface area (TPSA) is 104 Å². The first-order valence-electron chi connectivity index (χ1n) is 4.90. The molecule has 0 saturated heterocycles. The normalized spacial score (nSPS) is 13.3. The Balaban J connectivity index is 3.14. The summed E-state index contributed by atoms with van der Waals surface area (Å²) < 4.78 is 26.4. The standard InChI is InChI=1S/C10H12BrNO5S/c1-6-2-3-7(11)4-9(6)18(16,17)12-8(5-13)10(14)15/h2-4,8,12-13H,5H2,1H3,(H,14,15)/t8-/m1/s1. The molecule has 0 bridgehead atoms. The first kappa shape index (κ1) is 15.1. The van der Waals surface area contributed by atoms with Crippen LogP contribution >= 0.6 is 15.9 Å². The number of hydrogen-bond acceptors (Lipinski definition) is 4. The summed E-state index contributed by atoms with van der Waals surface area (Å²) in [4.78, 5) is 10.7. The molecule has 100 valence electrons. The Morgan fingerprint density at radius 2 is 2.11 bits per heavy atom. The van der Waals surface area contributed by atoms with Crippen molar-refractivity contribution in [2.45, 2.75) is 17.9 Å². The molecule has 0 aliphatic carbocycles. The van der Waals surface area contributed by atoms with Gasteiger partial charge < -0.3 is 10.2 Å². The van der Waals surface area contributed by atoms with E-state index in [1.165, 1.54) is 6.07 Å². The fraction of sp³-hybridized carbons (Fsp3) is 0.300. The van der Waals surface area contributed by atoms with Crippen molar-refractivity contribution in [2.24, 2.45) is 0 Å². The Labute approximate surface area is 113 Å². The van der Waals surface area contributed by atoms with E-state index in [9.17, 15) is 13.2 Å². The van der Waals surface area contributed by atoms with Crippen LogP contribution in [-0.4, -0.2) is 37.2 Å². The lowest BCUT2D eigenvalue weighted by Crippen LogP contribution is -2.43. The summed E-state index contributed by atoms with van der Waals surface area (Å²) in [5.74, 6) is -1.44. The number of benzene rings is 1. The van der Waals surface area contributed by atoms with Crippen molar-refractivity contribution in [3.05, 3.63) is 28.2 Å². The van der Waals surface area contributed by atoms with Crippen LogP contribution in [0.15, 0.2) is 27.6 Å². The van der Waals surface area contributed by atoms with E-state index in [4.69, 9.17) is 10.2 Å². The van der Waals surface area contributed by atoms with Crippen LogP contribution in [-0.2, 0) is 14.8 Å². The van der Waals surface area contributed by atoms with Crippen molar-refractivity contribution in [3.8, 4) is 0 Å². The van der Waals surface area contributed by atoms with Gasteiger partial charge in [-0.05, 0) is 24.6 Å². The van der Waals surface area contributed by atoms with Crippen molar-refractivity contribution in [2.75, 3.05) is 6.61 Å². The van der Waals surface area contributed by atoms with Crippen molar-refractivity contribution >= 4 is 31.9 Å². The predicted molar refractivity (Wildman–Crippen MR) is 67.7 cm³/mol. The minimum Gasteiger partial charge on any atom is -0.480 e. The number of aryl methyl sites for hydroxylation is 1. The number of sulfonamides is 1. The molecular formula is C10H12BrNO5S. The van der Waals surface area contributed by atoms with Gasteiger partial charge in [-0.1, -0.05) is 22.0 Å². The van der Waals surface area contributed by atoms with Crippen molar-refractivity contribution in [1.82, 2.24) is 4.72 Å². The third-order valence-electron chi connectivity index (χ3n) is 2.22. The SMILES string of the molecule is Cc1ccc(Br)cc1S(=O)(=O)N[C@H](CO)C(=O)O. The van der Waals surface area contributed by atoms with E-state index in [0.717, 1.165) is 0 Å². The van der Waals surface area contributed by atoms with E-state index < -0.39 is 28.6 Å².